The van der Waals surface area contributed by atoms with Crippen LogP contribution in [0.15, 0.2) is 18.2 Å². The third kappa shape index (κ3) is 2.40. The van der Waals surface area contributed by atoms with Gasteiger partial charge in [0.25, 0.3) is 5.91 Å². The zero-order valence-electron chi connectivity index (χ0n) is 10.5. The van der Waals surface area contributed by atoms with E-state index < -0.39 is 5.54 Å². The van der Waals surface area contributed by atoms with Crippen LogP contribution in [0.25, 0.3) is 0 Å². The summed E-state index contributed by atoms with van der Waals surface area (Å²) in [4.78, 5) is 12.2. The molecule has 1 amide bonds. The van der Waals surface area contributed by atoms with Crippen LogP contribution in [-0.4, -0.2) is 24.6 Å². The molecule has 0 bridgehead atoms. The number of fused-ring (bicyclic) bond motifs is 1. The van der Waals surface area contributed by atoms with Crippen LogP contribution in [0.2, 0.25) is 0 Å². The van der Waals surface area contributed by atoms with Crippen LogP contribution in [0.3, 0.4) is 0 Å². The molecule has 1 aromatic rings. The van der Waals surface area contributed by atoms with E-state index in [1.54, 1.807) is 19.9 Å². The highest BCUT2D eigenvalue weighted by Gasteiger charge is 2.23. The van der Waals surface area contributed by atoms with Gasteiger partial charge in [-0.3, -0.25) is 4.79 Å². The fourth-order valence-corrected chi connectivity index (χ4v) is 1.74. The minimum Gasteiger partial charge on any atom is -0.489 e. The Morgan fingerprint density at radius 1 is 1.56 bits per heavy atom. The van der Waals surface area contributed by atoms with E-state index in [9.17, 15) is 4.79 Å². The Bertz CT molecular complexity index is 515. The monoisotopic (exact) mass is 244 g/mol. The lowest BCUT2D eigenvalue weighted by molar-refractivity contribution is 0.0925. The first-order valence-electron chi connectivity index (χ1n) is 5.83. The Morgan fingerprint density at radius 3 is 3.06 bits per heavy atom. The minimum absolute atomic E-state index is 0.224. The zero-order valence-corrected chi connectivity index (χ0v) is 10.5. The van der Waals surface area contributed by atoms with E-state index in [0.29, 0.717) is 17.9 Å². The predicted octanol–water partition coefficient (Wildman–Crippen LogP) is 1.63. The van der Waals surface area contributed by atoms with Gasteiger partial charge in [0.15, 0.2) is 5.75 Å². The van der Waals surface area contributed by atoms with Crippen molar-refractivity contribution >= 4 is 11.6 Å². The second-order valence-corrected chi connectivity index (χ2v) is 4.68. The Balaban J connectivity index is 2.29. The molecule has 0 radical (unpaired) electrons. The molecule has 0 saturated heterocycles. The Kier molecular flexibility index (Phi) is 3.15. The molecule has 1 aliphatic heterocycles. The molecular weight excluding hydrogens is 228 g/mol. The van der Waals surface area contributed by atoms with E-state index in [1.165, 1.54) is 0 Å². The average molecular weight is 244 g/mol. The summed E-state index contributed by atoms with van der Waals surface area (Å²) in [5.74, 6) is 2.90. The number of hydrogen-bond donors (Lipinski definition) is 2. The second kappa shape index (κ2) is 4.61. The molecule has 0 fully saturated rings. The minimum atomic E-state index is -0.679. The van der Waals surface area contributed by atoms with E-state index in [0.717, 1.165) is 12.2 Å². The Labute approximate surface area is 107 Å². The molecule has 1 heterocycles. The van der Waals surface area contributed by atoms with E-state index >= 15 is 0 Å². The standard InChI is InChI=1S/C14H16N2O2/c1-4-14(2,3)16-13(17)10-6-5-7-11-12(10)18-9-8-15-11/h1,5-7,15H,8-9H2,2-3H3,(H,16,17). The second-order valence-electron chi connectivity index (χ2n) is 4.68. The summed E-state index contributed by atoms with van der Waals surface area (Å²) in [6, 6.07) is 5.43. The van der Waals surface area contributed by atoms with Crippen LogP contribution in [0.1, 0.15) is 24.2 Å². The van der Waals surface area contributed by atoms with Crippen molar-refractivity contribution in [1.82, 2.24) is 5.32 Å². The number of para-hydroxylation sites is 1. The van der Waals surface area contributed by atoms with E-state index in [1.807, 2.05) is 12.1 Å². The van der Waals surface area contributed by atoms with Crippen molar-refractivity contribution in [3.8, 4) is 18.1 Å². The molecule has 2 N–H and O–H groups in total. The van der Waals surface area contributed by atoms with Crippen molar-refractivity contribution in [2.75, 3.05) is 18.5 Å². The van der Waals surface area contributed by atoms with Crippen LogP contribution < -0.4 is 15.4 Å². The van der Waals surface area contributed by atoms with Gasteiger partial charge < -0.3 is 15.4 Å². The number of terminal acetylenes is 1. The lowest BCUT2D eigenvalue weighted by atomic mass is 10.1. The largest absolute Gasteiger partial charge is 0.489 e. The number of carbonyl (C=O) groups excluding carboxylic acids is 1. The molecule has 94 valence electrons. The summed E-state index contributed by atoms with van der Waals surface area (Å²) in [6.07, 6.45) is 5.36. The number of carbonyl (C=O) groups is 1. The molecule has 0 saturated carbocycles. The summed E-state index contributed by atoms with van der Waals surface area (Å²) < 4.78 is 5.55. The van der Waals surface area contributed by atoms with Crippen molar-refractivity contribution in [1.29, 1.82) is 0 Å². The fraction of sp³-hybridized carbons (Fsp3) is 0.357. The van der Waals surface area contributed by atoms with Gasteiger partial charge in [-0.15, -0.1) is 6.42 Å². The maximum absolute atomic E-state index is 12.2. The number of benzene rings is 1. The van der Waals surface area contributed by atoms with Gasteiger partial charge in [0.2, 0.25) is 0 Å². The molecule has 0 aromatic heterocycles. The Morgan fingerprint density at radius 2 is 2.33 bits per heavy atom. The summed E-state index contributed by atoms with van der Waals surface area (Å²) in [5, 5.41) is 5.98. The molecule has 0 spiro atoms. The maximum atomic E-state index is 12.2. The van der Waals surface area contributed by atoms with Gasteiger partial charge in [0.1, 0.15) is 6.61 Å². The third-order valence-corrected chi connectivity index (χ3v) is 2.71. The number of nitrogens with one attached hydrogen (secondary N) is 2. The topological polar surface area (TPSA) is 50.4 Å². The van der Waals surface area contributed by atoms with Gasteiger partial charge >= 0.3 is 0 Å². The molecule has 0 atom stereocenters. The number of amides is 1. The molecule has 18 heavy (non-hydrogen) atoms. The Hall–Kier alpha value is -2.15. The van der Waals surface area contributed by atoms with Gasteiger partial charge in [0.05, 0.1) is 16.8 Å². The van der Waals surface area contributed by atoms with Crippen LogP contribution >= 0.6 is 0 Å². The SMILES string of the molecule is C#CC(C)(C)NC(=O)c1cccc2c1OCCN2. The van der Waals surface area contributed by atoms with E-state index in [-0.39, 0.29) is 5.91 Å². The lowest BCUT2D eigenvalue weighted by Crippen LogP contribution is -2.42. The third-order valence-electron chi connectivity index (χ3n) is 2.71. The highest BCUT2D eigenvalue weighted by molar-refractivity contribution is 5.99. The van der Waals surface area contributed by atoms with Gasteiger partial charge in [-0.25, -0.2) is 0 Å². The smallest absolute Gasteiger partial charge is 0.256 e. The zero-order chi connectivity index (χ0) is 13.2. The molecule has 4 heteroatoms. The number of rotatable bonds is 2. The van der Waals surface area contributed by atoms with E-state index in [4.69, 9.17) is 11.2 Å². The van der Waals surface area contributed by atoms with Crippen molar-refractivity contribution in [2.45, 2.75) is 19.4 Å². The van der Waals surface area contributed by atoms with Crippen molar-refractivity contribution in [3.05, 3.63) is 23.8 Å². The van der Waals surface area contributed by atoms with Crippen LogP contribution in [0.4, 0.5) is 5.69 Å². The fourth-order valence-electron chi connectivity index (χ4n) is 1.74. The average Bonchev–Trinajstić information content (AvgIpc) is 2.37. The quantitative estimate of drug-likeness (QED) is 0.777. The molecule has 0 aliphatic carbocycles. The maximum Gasteiger partial charge on any atom is 0.256 e. The van der Waals surface area contributed by atoms with Crippen molar-refractivity contribution < 1.29 is 9.53 Å². The lowest BCUT2D eigenvalue weighted by Gasteiger charge is -2.24. The molecule has 2 rings (SSSR count). The first-order valence-corrected chi connectivity index (χ1v) is 5.83. The molecule has 4 nitrogen and oxygen atoms in total. The van der Waals surface area contributed by atoms with Crippen LogP contribution in [-0.2, 0) is 0 Å². The number of ether oxygens (including phenoxy) is 1. The number of hydrogen-bond acceptors (Lipinski definition) is 3. The first-order chi connectivity index (χ1) is 8.53. The van der Waals surface area contributed by atoms with E-state index in [2.05, 4.69) is 16.6 Å². The highest BCUT2D eigenvalue weighted by atomic mass is 16.5. The van der Waals surface area contributed by atoms with Gasteiger partial charge in [0, 0.05) is 6.54 Å². The van der Waals surface area contributed by atoms with Crippen LogP contribution in [0.5, 0.6) is 5.75 Å². The summed E-state index contributed by atoms with van der Waals surface area (Å²) in [7, 11) is 0. The predicted molar refractivity (Wildman–Crippen MR) is 70.8 cm³/mol. The van der Waals surface area contributed by atoms with Crippen LogP contribution in [0, 0.1) is 12.3 Å². The summed E-state index contributed by atoms with van der Waals surface area (Å²) in [5.41, 5.74) is 0.664. The summed E-state index contributed by atoms with van der Waals surface area (Å²) in [6.45, 7) is 4.85. The number of anilines is 1. The van der Waals surface area contributed by atoms with Crippen molar-refractivity contribution in [3.63, 3.8) is 0 Å². The normalized spacial score (nSPS) is 13.6. The highest BCUT2D eigenvalue weighted by Crippen LogP contribution is 2.31. The summed E-state index contributed by atoms with van der Waals surface area (Å²) >= 11 is 0. The molecule has 1 aliphatic rings. The molecular formula is C14H16N2O2. The van der Waals surface area contributed by atoms with Gasteiger partial charge in [-0.05, 0) is 26.0 Å². The first kappa shape index (κ1) is 12.3. The van der Waals surface area contributed by atoms with Gasteiger partial charge in [-0.1, -0.05) is 12.0 Å². The molecule has 0 unspecified atom stereocenters. The molecule has 1 aromatic carbocycles. The van der Waals surface area contributed by atoms with Gasteiger partial charge in [-0.2, -0.15) is 0 Å². The van der Waals surface area contributed by atoms with Crippen molar-refractivity contribution in [2.24, 2.45) is 0 Å².